The summed E-state index contributed by atoms with van der Waals surface area (Å²) in [5.74, 6) is 0. The molecule has 1 heterocycles. The Morgan fingerprint density at radius 3 is 2.27 bits per heavy atom. The quantitative estimate of drug-likeness (QED) is 0.612. The Labute approximate surface area is 180 Å². The molecule has 4 nitrogen and oxygen atoms in total. The van der Waals surface area contributed by atoms with Crippen LogP contribution in [0, 0.1) is 11.3 Å². The molecule has 0 atom stereocenters. The molecule has 1 saturated carbocycles. The van der Waals surface area contributed by atoms with Gasteiger partial charge in [-0.25, -0.2) is 0 Å². The first-order valence-electron chi connectivity index (χ1n) is 10.9. The number of aldehydes is 1. The fourth-order valence-corrected chi connectivity index (χ4v) is 4.97. The van der Waals surface area contributed by atoms with E-state index < -0.39 is 0 Å². The van der Waals surface area contributed by atoms with Crippen molar-refractivity contribution in [1.82, 2.24) is 4.98 Å². The largest absolute Gasteiger partial charge is 0.307 e. The summed E-state index contributed by atoms with van der Waals surface area (Å²) in [6.45, 7) is 5.72. The molecular weight excluding hydrogens is 372 g/mol. The standard InChI is InChI=1S/C23H26N2.C2H4O.CH2O/c1-2-23(14-8-9-15-23)22-19(16-24)21(17-10-4-3-5-11-17)18-12-6-7-13-20(18)25-22;1-2-3;1-2/h3-5,10-11H,2,6-9,12-15H2,1H3;2H,1H3;1H2. The lowest BCUT2D eigenvalue weighted by Crippen LogP contribution is -2.26. The van der Waals surface area contributed by atoms with Crippen molar-refractivity contribution in [1.29, 1.82) is 5.26 Å². The third-order valence-electron chi connectivity index (χ3n) is 6.39. The number of carbonyl (C=O) groups is 2. The number of aryl methyl sites for hydroxylation is 1. The summed E-state index contributed by atoms with van der Waals surface area (Å²) < 4.78 is 0. The van der Waals surface area contributed by atoms with Crippen LogP contribution in [0.3, 0.4) is 0 Å². The minimum Gasteiger partial charge on any atom is -0.307 e. The zero-order chi connectivity index (χ0) is 22.0. The molecule has 0 bridgehead atoms. The molecule has 4 heteroatoms. The smallest absolute Gasteiger partial charge is 0.116 e. The van der Waals surface area contributed by atoms with Crippen LogP contribution < -0.4 is 0 Å². The van der Waals surface area contributed by atoms with E-state index in [1.165, 1.54) is 67.8 Å². The van der Waals surface area contributed by atoms with Crippen LogP contribution >= 0.6 is 0 Å². The van der Waals surface area contributed by atoms with Crippen LogP contribution in [0.4, 0.5) is 0 Å². The number of nitrogens with zero attached hydrogens (tertiary/aromatic N) is 2. The molecule has 1 fully saturated rings. The van der Waals surface area contributed by atoms with E-state index in [0.717, 1.165) is 36.8 Å². The van der Waals surface area contributed by atoms with Crippen LogP contribution in [-0.4, -0.2) is 18.1 Å². The number of hydrogen-bond donors (Lipinski definition) is 0. The van der Waals surface area contributed by atoms with E-state index in [-0.39, 0.29) is 5.41 Å². The molecular formula is C26H32N2O2. The molecule has 0 radical (unpaired) electrons. The van der Waals surface area contributed by atoms with Crippen molar-refractivity contribution in [3.8, 4) is 17.2 Å². The normalized spacial score (nSPS) is 16.0. The van der Waals surface area contributed by atoms with Crippen LogP contribution in [0.15, 0.2) is 30.3 Å². The van der Waals surface area contributed by atoms with Gasteiger partial charge in [0.1, 0.15) is 19.1 Å². The number of pyridine rings is 1. The summed E-state index contributed by atoms with van der Waals surface area (Å²) in [6.07, 6.45) is 11.3. The summed E-state index contributed by atoms with van der Waals surface area (Å²) in [6, 6.07) is 13.1. The molecule has 158 valence electrons. The minimum absolute atomic E-state index is 0.112. The summed E-state index contributed by atoms with van der Waals surface area (Å²) in [4.78, 5) is 22.0. The van der Waals surface area contributed by atoms with Gasteiger partial charge >= 0.3 is 0 Å². The van der Waals surface area contributed by atoms with Gasteiger partial charge in [-0.3, -0.25) is 4.98 Å². The van der Waals surface area contributed by atoms with Gasteiger partial charge in [0.15, 0.2) is 0 Å². The maximum absolute atomic E-state index is 10.1. The van der Waals surface area contributed by atoms with E-state index in [2.05, 4.69) is 43.3 Å². The number of carbonyl (C=O) groups excluding carboxylic acids is 2. The van der Waals surface area contributed by atoms with Crippen molar-refractivity contribution in [3.63, 3.8) is 0 Å². The van der Waals surface area contributed by atoms with Crippen molar-refractivity contribution < 1.29 is 9.59 Å². The SMILES string of the molecule is C=O.CC=O.CCC1(c2nc3c(c(-c4ccccc4)c2C#N)CCCC3)CCCC1. The average Bonchev–Trinajstić information content (AvgIpc) is 3.30. The van der Waals surface area contributed by atoms with Gasteiger partial charge in [-0.15, -0.1) is 0 Å². The van der Waals surface area contributed by atoms with E-state index in [4.69, 9.17) is 14.6 Å². The lowest BCUT2D eigenvalue weighted by atomic mass is 9.75. The molecule has 2 aliphatic carbocycles. The fraction of sp³-hybridized carbons (Fsp3) is 0.462. The van der Waals surface area contributed by atoms with Crippen molar-refractivity contribution in [2.75, 3.05) is 0 Å². The first-order chi connectivity index (χ1) is 14.7. The molecule has 2 aliphatic rings. The van der Waals surface area contributed by atoms with Gasteiger partial charge in [0.05, 0.1) is 11.3 Å². The van der Waals surface area contributed by atoms with Crippen molar-refractivity contribution in [2.24, 2.45) is 0 Å². The second kappa shape index (κ2) is 11.4. The molecule has 0 saturated heterocycles. The monoisotopic (exact) mass is 404 g/mol. The second-order valence-corrected chi connectivity index (χ2v) is 7.90. The van der Waals surface area contributed by atoms with Gasteiger partial charge in [0, 0.05) is 16.7 Å². The molecule has 30 heavy (non-hydrogen) atoms. The number of aromatic nitrogens is 1. The highest BCUT2D eigenvalue weighted by Gasteiger charge is 2.39. The third-order valence-corrected chi connectivity index (χ3v) is 6.39. The molecule has 0 spiro atoms. The summed E-state index contributed by atoms with van der Waals surface area (Å²) in [7, 11) is 0. The second-order valence-electron chi connectivity index (χ2n) is 7.90. The van der Waals surface area contributed by atoms with Crippen LogP contribution in [0.5, 0.6) is 0 Å². The number of nitriles is 1. The van der Waals surface area contributed by atoms with Crippen molar-refractivity contribution in [3.05, 3.63) is 52.8 Å². The molecule has 2 aromatic rings. The van der Waals surface area contributed by atoms with Crippen molar-refractivity contribution in [2.45, 2.75) is 77.0 Å². The highest BCUT2D eigenvalue weighted by atomic mass is 16.1. The van der Waals surface area contributed by atoms with E-state index in [0.29, 0.717) is 0 Å². The Morgan fingerprint density at radius 2 is 1.70 bits per heavy atom. The molecule has 0 aliphatic heterocycles. The lowest BCUT2D eigenvalue weighted by Gasteiger charge is -2.31. The van der Waals surface area contributed by atoms with E-state index >= 15 is 0 Å². The van der Waals surface area contributed by atoms with E-state index in [9.17, 15) is 5.26 Å². The number of benzene rings is 1. The Kier molecular flexibility index (Phi) is 8.92. The number of hydrogen-bond acceptors (Lipinski definition) is 4. The Bertz CT molecular complexity index is 878. The van der Waals surface area contributed by atoms with E-state index in [1.807, 2.05) is 6.79 Å². The summed E-state index contributed by atoms with van der Waals surface area (Å²) in [5, 5.41) is 10.1. The zero-order valence-electron chi connectivity index (χ0n) is 18.2. The van der Waals surface area contributed by atoms with Crippen LogP contribution in [-0.2, 0) is 27.8 Å². The lowest BCUT2D eigenvalue weighted by molar-refractivity contribution is -0.106. The molecule has 1 aromatic heterocycles. The van der Waals surface area contributed by atoms with Crippen LogP contribution in [0.2, 0.25) is 0 Å². The topological polar surface area (TPSA) is 70.8 Å². The van der Waals surface area contributed by atoms with Gasteiger partial charge in [-0.2, -0.15) is 5.26 Å². The summed E-state index contributed by atoms with van der Waals surface area (Å²) >= 11 is 0. The van der Waals surface area contributed by atoms with Gasteiger partial charge in [-0.05, 0) is 63.0 Å². The predicted molar refractivity (Wildman–Crippen MR) is 120 cm³/mol. The van der Waals surface area contributed by atoms with Crippen LogP contribution in [0.1, 0.15) is 81.3 Å². The highest BCUT2D eigenvalue weighted by Crippen LogP contribution is 2.47. The maximum Gasteiger partial charge on any atom is 0.116 e. The summed E-state index contributed by atoms with van der Waals surface area (Å²) in [5.41, 5.74) is 7.04. The Morgan fingerprint density at radius 1 is 1.10 bits per heavy atom. The van der Waals surface area contributed by atoms with Crippen LogP contribution in [0.25, 0.3) is 11.1 Å². The Balaban J connectivity index is 0.000000590. The number of rotatable bonds is 3. The maximum atomic E-state index is 10.1. The van der Waals surface area contributed by atoms with Gasteiger partial charge in [-0.1, -0.05) is 50.1 Å². The average molecular weight is 405 g/mol. The fourth-order valence-electron chi connectivity index (χ4n) is 4.97. The predicted octanol–water partition coefficient (Wildman–Crippen LogP) is 5.74. The molecule has 4 rings (SSSR count). The molecule has 0 N–H and O–H groups in total. The van der Waals surface area contributed by atoms with Gasteiger partial charge in [0.25, 0.3) is 0 Å². The Hall–Kier alpha value is -2.80. The molecule has 0 amide bonds. The first kappa shape index (κ1) is 23.5. The van der Waals surface area contributed by atoms with E-state index in [1.54, 1.807) is 0 Å². The van der Waals surface area contributed by atoms with Gasteiger partial charge in [0.2, 0.25) is 0 Å². The van der Waals surface area contributed by atoms with Crippen molar-refractivity contribution >= 4 is 13.1 Å². The third kappa shape index (κ3) is 4.67. The first-order valence-corrected chi connectivity index (χ1v) is 10.9. The number of fused-ring (bicyclic) bond motifs is 1. The molecule has 0 unspecified atom stereocenters. The minimum atomic E-state index is 0.112. The van der Waals surface area contributed by atoms with Gasteiger partial charge < -0.3 is 9.59 Å². The zero-order valence-corrected chi connectivity index (χ0v) is 18.2. The highest BCUT2D eigenvalue weighted by molar-refractivity contribution is 5.76. The molecule has 1 aromatic carbocycles.